The Morgan fingerprint density at radius 1 is 0.850 bits per heavy atom. The lowest BCUT2D eigenvalue weighted by molar-refractivity contribution is -0.138. The SMILES string of the molecule is CCCCCCCCCCCCCCSOCC(=O)O. The highest BCUT2D eigenvalue weighted by atomic mass is 32.2. The molecule has 0 heterocycles. The molecule has 0 aromatic rings. The summed E-state index contributed by atoms with van der Waals surface area (Å²) in [5, 5.41) is 8.38. The standard InChI is InChI=1S/C16H32O3S/c1-2-3-4-5-6-7-8-9-10-11-12-13-14-20-19-15-16(17)18/h2-15H2,1H3,(H,17,18). The van der Waals surface area contributed by atoms with E-state index in [-0.39, 0.29) is 6.61 Å². The number of carboxylic acid groups (broad SMARTS) is 1. The Morgan fingerprint density at radius 3 is 1.75 bits per heavy atom. The first-order chi connectivity index (χ1) is 9.77. The maximum Gasteiger partial charge on any atom is 0.331 e. The Labute approximate surface area is 129 Å². The van der Waals surface area contributed by atoms with Crippen molar-refractivity contribution < 1.29 is 14.1 Å². The Bertz CT molecular complexity index is 210. The summed E-state index contributed by atoms with van der Waals surface area (Å²) in [6.07, 6.45) is 16.2. The van der Waals surface area contributed by atoms with E-state index in [1.165, 1.54) is 82.7 Å². The van der Waals surface area contributed by atoms with Crippen molar-refractivity contribution >= 4 is 18.0 Å². The van der Waals surface area contributed by atoms with Crippen LogP contribution in [0.1, 0.15) is 84.0 Å². The molecule has 0 atom stereocenters. The Hall–Kier alpha value is -0.220. The van der Waals surface area contributed by atoms with Crippen LogP contribution in [0.2, 0.25) is 0 Å². The number of carbonyl (C=O) groups is 1. The van der Waals surface area contributed by atoms with Crippen LogP contribution in [0.4, 0.5) is 0 Å². The molecule has 0 bridgehead atoms. The van der Waals surface area contributed by atoms with E-state index in [1.54, 1.807) is 0 Å². The molecule has 0 saturated heterocycles. The van der Waals surface area contributed by atoms with Gasteiger partial charge in [-0.2, -0.15) is 0 Å². The van der Waals surface area contributed by atoms with Crippen molar-refractivity contribution in [3.63, 3.8) is 0 Å². The summed E-state index contributed by atoms with van der Waals surface area (Å²) in [5.41, 5.74) is 0. The number of unbranched alkanes of at least 4 members (excludes halogenated alkanes) is 11. The molecule has 0 fully saturated rings. The first-order valence-corrected chi connectivity index (χ1v) is 9.14. The van der Waals surface area contributed by atoms with E-state index in [9.17, 15) is 4.79 Å². The molecule has 0 unspecified atom stereocenters. The van der Waals surface area contributed by atoms with Crippen LogP contribution in [-0.2, 0) is 8.98 Å². The second-order valence-corrected chi connectivity index (χ2v) is 6.25. The normalized spacial score (nSPS) is 10.8. The maximum atomic E-state index is 10.2. The summed E-state index contributed by atoms with van der Waals surface area (Å²) in [6, 6.07) is 0. The molecule has 3 nitrogen and oxygen atoms in total. The first-order valence-electron chi connectivity index (χ1n) is 8.23. The van der Waals surface area contributed by atoms with E-state index in [1.807, 2.05) is 0 Å². The third-order valence-corrected chi connectivity index (χ3v) is 4.09. The molecular formula is C16H32O3S. The van der Waals surface area contributed by atoms with Gasteiger partial charge in [0.15, 0.2) is 6.61 Å². The van der Waals surface area contributed by atoms with Gasteiger partial charge in [0.25, 0.3) is 0 Å². The Balaban J connectivity index is 2.94. The predicted octanol–water partition coefficient (Wildman–Crippen LogP) is 5.44. The van der Waals surface area contributed by atoms with E-state index in [0.29, 0.717) is 0 Å². The minimum absolute atomic E-state index is 0.192. The first kappa shape index (κ1) is 19.8. The maximum absolute atomic E-state index is 10.2. The van der Waals surface area contributed by atoms with Crippen LogP contribution in [0.3, 0.4) is 0 Å². The van der Waals surface area contributed by atoms with E-state index >= 15 is 0 Å². The van der Waals surface area contributed by atoms with Gasteiger partial charge in [0.2, 0.25) is 0 Å². The second kappa shape index (κ2) is 16.8. The van der Waals surface area contributed by atoms with Crippen LogP contribution in [0.5, 0.6) is 0 Å². The molecule has 1 N–H and O–H groups in total. The monoisotopic (exact) mass is 304 g/mol. The number of carboxylic acids is 1. The minimum atomic E-state index is -0.896. The van der Waals surface area contributed by atoms with Gasteiger partial charge in [0.1, 0.15) is 0 Å². The van der Waals surface area contributed by atoms with E-state index in [2.05, 4.69) is 6.92 Å². The van der Waals surface area contributed by atoms with Gasteiger partial charge in [-0.3, -0.25) is 0 Å². The largest absolute Gasteiger partial charge is 0.479 e. The molecule has 20 heavy (non-hydrogen) atoms. The average Bonchev–Trinajstić information content (AvgIpc) is 2.43. The van der Waals surface area contributed by atoms with Crippen molar-refractivity contribution in [3.05, 3.63) is 0 Å². The molecule has 0 aliphatic carbocycles. The number of hydrogen-bond acceptors (Lipinski definition) is 3. The summed E-state index contributed by atoms with van der Waals surface area (Å²) in [4.78, 5) is 10.2. The molecule has 0 spiro atoms. The molecule has 0 saturated carbocycles. The van der Waals surface area contributed by atoms with Gasteiger partial charge in [-0.25, -0.2) is 4.79 Å². The van der Waals surface area contributed by atoms with Crippen molar-refractivity contribution in [3.8, 4) is 0 Å². The fourth-order valence-corrected chi connectivity index (χ4v) is 2.78. The molecule has 0 rings (SSSR count). The summed E-state index contributed by atoms with van der Waals surface area (Å²) in [7, 11) is 0. The zero-order valence-corrected chi connectivity index (χ0v) is 13.9. The third-order valence-electron chi connectivity index (χ3n) is 3.35. The van der Waals surface area contributed by atoms with E-state index < -0.39 is 5.97 Å². The van der Waals surface area contributed by atoms with Crippen LogP contribution >= 0.6 is 12.0 Å². The fraction of sp³-hybridized carbons (Fsp3) is 0.938. The molecule has 0 aliphatic heterocycles. The zero-order chi connectivity index (χ0) is 14.9. The highest BCUT2D eigenvalue weighted by molar-refractivity contribution is 7.94. The predicted molar refractivity (Wildman–Crippen MR) is 87.1 cm³/mol. The average molecular weight is 304 g/mol. The van der Waals surface area contributed by atoms with Crippen LogP contribution < -0.4 is 0 Å². The summed E-state index contributed by atoms with van der Waals surface area (Å²) in [5.74, 6) is 0.0113. The van der Waals surface area contributed by atoms with Crippen LogP contribution in [0.25, 0.3) is 0 Å². The lowest BCUT2D eigenvalue weighted by atomic mass is 10.1. The van der Waals surface area contributed by atoms with Gasteiger partial charge in [0, 0.05) is 5.75 Å². The summed E-state index contributed by atoms with van der Waals surface area (Å²) in [6.45, 7) is 2.07. The third kappa shape index (κ3) is 17.8. The Morgan fingerprint density at radius 2 is 1.30 bits per heavy atom. The van der Waals surface area contributed by atoms with Crippen molar-refractivity contribution in [1.82, 2.24) is 0 Å². The van der Waals surface area contributed by atoms with Gasteiger partial charge in [-0.15, -0.1) is 0 Å². The minimum Gasteiger partial charge on any atom is -0.479 e. The topological polar surface area (TPSA) is 46.5 Å². The summed E-state index contributed by atoms with van der Waals surface area (Å²) >= 11 is 1.28. The molecule has 0 aliphatic rings. The quantitative estimate of drug-likeness (QED) is 0.305. The van der Waals surface area contributed by atoms with Crippen molar-refractivity contribution in [2.45, 2.75) is 84.0 Å². The molecule has 4 heteroatoms. The molecule has 0 amide bonds. The number of hydrogen-bond donors (Lipinski definition) is 1. The summed E-state index contributed by atoms with van der Waals surface area (Å²) < 4.78 is 4.91. The van der Waals surface area contributed by atoms with Gasteiger partial charge >= 0.3 is 5.97 Å². The molecule has 0 aromatic heterocycles. The smallest absolute Gasteiger partial charge is 0.331 e. The molecule has 120 valence electrons. The van der Waals surface area contributed by atoms with Crippen molar-refractivity contribution in [1.29, 1.82) is 0 Å². The fourth-order valence-electron chi connectivity index (χ4n) is 2.15. The van der Waals surface area contributed by atoms with E-state index in [0.717, 1.165) is 12.2 Å². The van der Waals surface area contributed by atoms with Gasteiger partial charge in [-0.05, 0) is 18.5 Å². The van der Waals surface area contributed by atoms with Crippen LogP contribution in [0, 0.1) is 0 Å². The van der Waals surface area contributed by atoms with Crippen molar-refractivity contribution in [2.24, 2.45) is 0 Å². The van der Waals surface area contributed by atoms with E-state index in [4.69, 9.17) is 9.29 Å². The Kier molecular flexibility index (Phi) is 16.6. The molecule has 0 radical (unpaired) electrons. The van der Waals surface area contributed by atoms with Gasteiger partial charge in [-0.1, -0.05) is 77.6 Å². The lowest BCUT2D eigenvalue weighted by Gasteiger charge is -2.03. The van der Waals surface area contributed by atoms with Crippen LogP contribution in [0.15, 0.2) is 0 Å². The highest BCUT2D eigenvalue weighted by Crippen LogP contribution is 2.13. The van der Waals surface area contributed by atoms with Gasteiger partial charge in [0.05, 0.1) is 0 Å². The van der Waals surface area contributed by atoms with Gasteiger partial charge < -0.3 is 9.29 Å². The second-order valence-electron chi connectivity index (χ2n) is 5.37. The number of rotatable bonds is 16. The zero-order valence-electron chi connectivity index (χ0n) is 13.1. The van der Waals surface area contributed by atoms with Crippen molar-refractivity contribution in [2.75, 3.05) is 12.4 Å². The highest BCUT2D eigenvalue weighted by Gasteiger charge is 1.97. The van der Waals surface area contributed by atoms with Crippen LogP contribution in [-0.4, -0.2) is 23.4 Å². The lowest BCUT2D eigenvalue weighted by Crippen LogP contribution is -2.02. The molecular weight excluding hydrogens is 272 g/mol. The molecule has 0 aromatic carbocycles. The number of aliphatic carboxylic acids is 1.